The Bertz CT molecular complexity index is 692. The van der Waals surface area contributed by atoms with E-state index in [1.807, 2.05) is 6.92 Å². The third kappa shape index (κ3) is 3.10. The van der Waals surface area contributed by atoms with Gasteiger partial charge in [0.1, 0.15) is 0 Å². The van der Waals surface area contributed by atoms with E-state index in [2.05, 4.69) is 10.3 Å². The van der Waals surface area contributed by atoms with Crippen LogP contribution in [0, 0.1) is 0 Å². The summed E-state index contributed by atoms with van der Waals surface area (Å²) in [6.45, 7) is 1.95. The Hall–Kier alpha value is -1.47. The molecule has 0 radical (unpaired) electrons. The number of nitrogens with one attached hydrogen (secondary N) is 1. The van der Waals surface area contributed by atoms with Crippen molar-refractivity contribution in [3.8, 4) is 0 Å². The summed E-state index contributed by atoms with van der Waals surface area (Å²) in [5.74, 6) is 0.128. The summed E-state index contributed by atoms with van der Waals surface area (Å²) >= 11 is 1.14. The summed E-state index contributed by atoms with van der Waals surface area (Å²) in [5.41, 5.74) is 1.26. The van der Waals surface area contributed by atoms with E-state index >= 15 is 0 Å². The van der Waals surface area contributed by atoms with Gasteiger partial charge in [-0.2, -0.15) is 0 Å². The number of unbranched alkanes of at least 4 members (excludes halogenated alkanes) is 1. The van der Waals surface area contributed by atoms with E-state index < -0.39 is 9.84 Å². The molecule has 0 aliphatic rings. The van der Waals surface area contributed by atoms with Crippen molar-refractivity contribution in [3.63, 3.8) is 0 Å². The highest BCUT2D eigenvalue weighted by Gasteiger charge is 2.19. The quantitative estimate of drug-likeness (QED) is 0.831. The third-order valence-corrected chi connectivity index (χ3v) is 5.90. The lowest BCUT2D eigenvalue weighted by atomic mass is 10.3. The molecule has 0 atom stereocenters. The monoisotopic (exact) mass is 298 g/mol. The number of fused-ring (bicyclic) bond motifs is 1. The third-order valence-electron chi connectivity index (χ3n) is 2.63. The van der Waals surface area contributed by atoms with Crippen LogP contribution in [0.15, 0.2) is 22.5 Å². The number of sulfone groups is 1. The van der Waals surface area contributed by atoms with E-state index in [1.165, 1.54) is 0 Å². The van der Waals surface area contributed by atoms with Crippen molar-refractivity contribution in [2.24, 2.45) is 0 Å². The number of rotatable bonds is 6. The van der Waals surface area contributed by atoms with Crippen molar-refractivity contribution in [2.45, 2.75) is 24.1 Å². The number of nitrogens with zero attached hydrogens (tertiary/aromatic N) is 1. The first-order chi connectivity index (χ1) is 9.06. The second-order valence-corrected chi connectivity index (χ2v) is 7.41. The van der Waals surface area contributed by atoms with Crippen LogP contribution < -0.4 is 5.32 Å². The largest absolute Gasteiger partial charge is 0.329 e. The number of benzene rings is 1. The first-order valence-corrected chi connectivity index (χ1v) is 8.37. The van der Waals surface area contributed by atoms with E-state index in [0.29, 0.717) is 24.0 Å². The number of hydrogen-bond acceptors (Lipinski definition) is 5. The highest BCUT2D eigenvalue weighted by molar-refractivity contribution is 7.93. The fourth-order valence-electron chi connectivity index (χ4n) is 1.62. The molecule has 5 nitrogen and oxygen atoms in total. The lowest BCUT2D eigenvalue weighted by Gasteiger charge is -1.97. The predicted molar refractivity (Wildman–Crippen MR) is 76.3 cm³/mol. The molecule has 19 heavy (non-hydrogen) atoms. The lowest BCUT2D eigenvalue weighted by Crippen LogP contribution is -2.05. The topological polar surface area (TPSA) is 76.1 Å². The summed E-state index contributed by atoms with van der Waals surface area (Å²) in [6, 6.07) is 5.12. The van der Waals surface area contributed by atoms with Gasteiger partial charge in [0.2, 0.25) is 20.6 Å². The SMILES string of the molecule is CCCCS(=O)(=O)c1nc2ccc(NC=O)cc2s1. The second-order valence-electron chi connectivity index (χ2n) is 4.10. The van der Waals surface area contributed by atoms with Crippen LogP contribution in [0.4, 0.5) is 5.69 Å². The molecule has 0 unspecified atom stereocenters. The van der Waals surface area contributed by atoms with Gasteiger partial charge in [0, 0.05) is 5.69 Å². The maximum atomic E-state index is 12.0. The fraction of sp³-hybridized carbons (Fsp3) is 0.333. The van der Waals surface area contributed by atoms with Crippen LogP contribution in [0.3, 0.4) is 0 Å². The number of aromatic nitrogens is 1. The minimum Gasteiger partial charge on any atom is -0.329 e. The molecule has 2 aromatic rings. The molecule has 0 bridgehead atoms. The zero-order chi connectivity index (χ0) is 13.9. The van der Waals surface area contributed by atoms with Crippen LogP contribution in [-0.2, 0) is 14.6 Å². The van der Waals surface area contributed by atoms with Gasteiger partial charge in [-0.1, -0.05) is 13.3 Å². The Morgan fingerprint density at radius 3 is 2.89 bits per heavy atom. The number of amides is 1. The first-order valence-electron chi connectivity index (χ1n) is 5.90. The summed E-state index contributed by atoms with van der Waals surface area (Å²) in [6.07, 6.45) is 2.05. The van der Waals surface area contributed by atoms with Crippen LogP contribution in [0.1, 0.15) is 19.8 Å². The van der Waals surface area contributed by atoms with Crippen LogP contribution in [0.2, 0.25) is 0 Å². The molecular weight excluding hydrogens is 284 g/mol. The minimum absolute atomic E-state index is 0.128. The number of carbonyl (C=O) groups excluding carboxylic acids is 1. The maximum absolute atomic E-state index is 12.0. The molecule has 102 valence electrons. The normalized spacial score (nSPS) is 11.6. The van der Waals surface area contributed by atoms with Gasteiger partial charge in [-0.05, 0) is 24.6 Å². The summed E-state index contributed by atoms with van der Waals surface area (Å²) in [7, 11) is -3.29. The number of thiazole rings is 1. The maximum Gasteiger partial charge on any atom is 0.211 e. The lowest BCUT2D eigenvalue weighted by molar-refractivity contribution is -0.105. The Labute approximate surface area is 115 Å². The Morgan fingerprint density at radius 1 is 1.42 bits per heavy atom. The van der Waals surface area contributed by atoms with Crippen LogP contribution in [0.25, 0.3) is 10.2 Å². The fourth-order valence-corrected chi connectivity index (χ4v) is 4.46. The van der Waals surface area contributed by atoms with Gasteiger partial charge in [0.15, 0.2) is 0 Å². The minimum atomic E-state index is -3.29. The van der Waals surface area contributed by atoms with E-state index in [0.717, 1.165) is 22.5 Å². The average molecular weight is 298 g/mol. The standard InChI is InChI=1S/C12H14N2O3S2/c1-2-3-6-19(16,17)12-14-10-5-4-9(13-8-15)7-11(10)18-12/h4-5,7-8H,2-3,6H2,1H3,(H,13,15). The molecule has 0 saturated heterocycles. The highest BCUT2D eigenvalue weighted by Crippen LogP contribution is 2.28. The van der Waals surface area contributed by atoms with Gasteiger partial charge >= 0.3 is 0 Å². The zero-order valence-electron chi connectivity index (χ0n) is 10.4. The van der Waals surface area contributed by atoms with Gasteiger partial charge in [-0.3, -0.25) is 4.79 Å². The van der Waals surface area contributed by atoms with Crippen molar-refractivity contribution in [1.82, 2.24) is 4.98 Å². The number of anilines is 1. The molecule has 0 spiro atoms. The number of carbonyl (C=O) groups is 1. The molecule has 1 aromatic carbocycles. The molecule has 1 amide bonds. The van der Waals surface area contributed by atoms with Gasteiger partial charge in [-0.15, -0.1) is 11.3 Å². The Kier molecular flexibility index (Phi) is 4.16. The summed E-state index contributed by atoms with van der Waals surface area (Å²) < 4.78 is 25.0. The molecular formula is C12H14N2O3S2. The van der Waals surface area contributed by atoms with E-state index in [9.17, 15) is 13.2 Å². The Morgan fingerprint density at radius 2 is 2.21 bits per heavy atom. The molecule has 1 heterocycles. The van der Waals surface area contributed by atoms with E-state index in [-0.39, 0.29) is 10.1 Å². The van der Waals surface area contributed by atoms with Crippen molar-refractivity contribution in [2.75, 3.05) is 11.1 Å². The first kappa shape index (κ1) is 14.0. The molecule has 7 heteroatoms. The molecule has 0 saturated carbocycles. The van der Waals surface area contributed by atoms with Crippen LogP contribution in [-0.4, -0.2) is 25.6 Å². The molecule has 0 fully saturated rings. The van der Waals surface area contributed by atoms with Gasteiger partial charge in [-0.25, -0.2) is 13.4 Å². The van der Waals surface area contributed by atoms with Crippen molar-refractivity contribution in [3.05, 3.63) is 18.2 Å². The molecule has 1 N–H and O–H groups in total. The Balaban J connectivity index is 2.38. The van der Waals surface area contributed by atoms with Crippen molar-refractivity contribution in [1.29, 1.82) is 0 Å². The second kappa shape index (κ2) is 5.66. The van der Waals surface area contributed by atoms with Crippen molar-refractivity contribution < 1.29 is 13.2 Å². The molecule has 2 rings (SSSR count). The van der Waals surface area contributed by atoms with E-state index in [1.54, 1.807) is 18.2 Å². The van der Waals surface area contributed by atoms with Gasteiger partial charge in [0.05, 0.1) is 16.0 Å². The van der Waals surface area contributed by atoms with Gasteiger partial charge in [0.25, 0.3) is 0 Å². The van der Waals surface area contributed by atoms with E-state index in [4.69, 9.17) is 0 Å². The summed E-state index contributed by atoms with van der Waals surface area (Å²) in [5, 5.41) is 2.53. The predicted octanol–water partition coefficient (Wildman–Crippen LogP) is 2.44. The highest BCUT2D eigenvalue weighted by atomic mass is 32.2. The van der Waals surface area contributed by atoms with Gasteiger partial charge < -0.3 is 5.32 Å². The summed E-state index contributed by atoms with van der Waals surface area (Å²) in [4.78, 5) is 14.5. The van der Waals surface area contributed by atoms with Crippen molar-refractivity contribution >= 4 is 43.5 Å². The van der Waals surface area contributed by atoms with Crippen LogP contribution >= 0.6 is 11.3 Å². The molecule has 0 aliphatic carbocycles. The average Bonchev–Trinajstić information content (AvgIpc) is 2.81. The molecule has 0 aliphatic heterocycles. The zero-order valence-corrected chi connectivity index (χ0v) is 12.1. The smallest absolute Gasteiger partial charge is 0.211 e. The number of hydrogen-bond donors (Lipinski definition) is 1. The van der Waals surface area contributed by atoms with Crippen LogP contribution in [0.5, 0.6) is 0 Å². The molecule has 1 aromatic heterocycles.